The Morgan fingerprint density at radius 3 is 2.55 bits per heavy atom. The SMILES string of the molecule is CN1CCN(c2ncc(Sc3ccc(C(N)=O)c(C(F)(F)F)c3)c(OCc3cc(CO)ccc3F)n2)CC1. The minimum atomic E-state index is -4.79. The zero-order chi connectivity index (χ0) is 27.4. The third kappa shape index (κ3) is 6.52. The number of rotatable bonds is 8. The van der Waals surface area contributed by atoms with E-state index in [4.69, 9.17) is 10.5 Å². The van der Waals surface area contributed by atoms with E-state index in [1.165, 1.54) is 30.5 Å². The maximum atomic E-state index is 14.4. The first-order valence-corrected chi connectivity index (χ1v) is 12.4. The first-order valence-electron chi connectivity index (χ1n) is 11.6. The van der Waals surface area contributed by atoms with Gasteiger partial charge in [0.2, 0.25) is 17.7 Å². The maximum absolute atomic E-state index is 14.4. The Bertz CT molecular complexity index is 1320. The number of anilines is 1. The number of piperazine rings is 1. The van der Waals surface area contributed by atoms with Crippen molar-refractivity contribution in [1.82, 2.24) is 14.9 Å². The topological polar surface area (TPSA) is 105 Å². The number of benzene rings is 2. The number of alkyl halides is 3. The Morgan fingerprint density at radius 1 is 1.16 bits per heavy atom. The van der Waals surface area contributed by atoms with E-state index in [-0.39, 0.29) is 29.6 Å². The van der Waals surface area contributed by atoms with Crippen LogP contribution in [0.1, 0.15) is 27.0 Å². The first-order chi connectivity index (χ1) is 18.0. The van der Waals surface area contributed by atoms with Crippen LogP contribution in [0, 0.1) is 5.82 Å². The van der Waals surface area contributed by atoms with E-state index >= 15 is 0 Å². The van der Waals surface area contributed by atoms with Crippen molar-refractivity contribution in [2.45, 2.75) is 29.2 Å². The predicted molar refractivity (Wildman–Crippen MR) is 132 cm³/mol. The van der Waals surface area contributed by atoms with Crippen LogP contribution in [-0.2, 0) is 19.4 Å². The molecular weight excluding hydrogens is 526 g/mol. The normalized spacial score (nSPS) is 14.5. The maximum Gasteiger partial charge on any atom is 0.417 e. The third-order valence-electron chi connectivity index (χ3n) is 5.94. The molecule has 1 amide bonds. The predicted octanol–water partition coefficient (Wildman–Crippen LogP) is 3.71. The number of carbonyl (C=O) groups is 1. The smallest absolute Gasteiger partial charge is 0.417 e. The standard InChI is InChI=1S/C25H25F4N5O3S/c1-33-6-8-34(9-7-33)24-31-12-21(23(32-24)37-14-16-10-15(13-35)2-5-20(16)26)38-17-3-4-18(22(30)36)19(11-17)25(27,28)29/h2-5,10-12,35H,6-9,13-14H2,1H3,(H2,30,36). The number of hydrogen-bond donors (Lipinski definition) is 2. The van der Waals surface area contributed by atoms with Gasteiger partial charge in [0.25, 0.3) is 0 Å². The van der Waals surface area contributed by atoms with E-state index in [1.807, 2.05) is 11.9 Å². The number of ether oxygens (including phenoxy) is 1. The fourth-order valence-corrected chi connectivity index (χ4v) is 4.69. The van der Waals surface area contributed by atoms with Gasteiger partial charge in [-0.2, -0.15) is 18.2 Å². The van der Waals surface area contributed by atoms with Crippen LogP contribution in [0.15, 0.2) is 52.4 Å². The minimum Gasteiger partial charge on any atom is -0.472 e. The molecule has 38 heavy (non-hydrogen) atoms. The highest BCUT2D eigenvalue weighted by Crippen LogP contribution is 2.39. The fourth-order valence-electron chi connectivity index (χ4n) is 3.82. The van der Waals surface area contributed by atoms with Crippen molar-refractivity contribution in [2.24, 2.45) is 5.73 Å². The molecule has 3 aromatic rings. The van der Waals surface area contributed by atoms with E-state index in [0.29, 0.717) is 29.5 Å². The van der Waals surface area contributed by atoms with Crippen LogP contribution in [-0.4, -0.2) is 59.1 Å². The van der Waals surface area contributed by atoms with E-state index in [1.54, 1.807) is 0 Å². The summed E-state index contributed by atoms with van der Waals surface area (Å²) in [5, 5.41) is 9.37. The lowest BCUT2D eigenvalue weighted by atomic mass is 10.1. The molecule has 0 aliphatic carbocycles. The van der Waals surface area contributed by atoms with Crippen LogP contribution in [0.4, 0.5) is 23.5 Å². The molecule has 1 fully saturated rings. The molecule has 202 valence electrons. The summed E-state index contributed by atoms with van der Waals surface area (Å²) in [5.74, 6) is -1.30. The first kappa shape index (κ1) is 27.6. The number of primary amides is 1. The van der Waals surface area contributed by atoms with Crippen molar-refractivity contribution in [2.75, 3.05) is 38.1 Å². The second kappa shape index (κ2) is 11.5. The summed E-state index contributed by atoms with van der Waals surface area (Å²) in [4.78, 5) is 25.0. The molecule has 1 aliphatic rings. The summed E-state index contributed by atoms with van der Waals surface area (Å²) in [7, 11) is 2.00. The Hall–Kier alpha value is -3.42. The number of nitrogens with two attached hydrogens (primary N) is 1. The van der Waals surface area contributed by atoms with Crippen molar-refractivity contribution in [1.29, 1.82) is 0 Å². The second-order valence-corrected chi connectivity index (χ2v) is 9.79. The number of halogens is 4. The van der Waals surface area contributed by atoms with Crippen LogP contribution in [0.25, 0.3) is 0 Å². The highest BCUT2D eigenvalue weighted by atomic mass is 32.2. The van der Waals surface area contributed by atoms with Gasteiger partial charge < -0.3 is 25.4 Å². The van der Waals surface area contributed by atoms with Crippen LogP contribution in [0.5, 0.6) is 5.88 Å². The summed E-state index contributed by atoms with van der Waals surface area (Å²) < 4.78 is 60.9. The summed E-state index contributed by atoms with van der Waals surface area (Å²) in [6.45, 7) is 2.40. The van der Waals surface area contributed by atoms with Gasteiger partial charge >= 0.3 is 6.18 Å². The Kier molecular flexibility index (Phi) is 8.38. The number of carbonyl (C=O) groups excluding carboxylic acids is 1. The van der Waals surface area contributed by atoms with Gasteiger partial charge in [0.05, 0.1) is 28.8 Å². The number of aliphatic hydroxyl groups excluding tert-OH is 1. The van der Waals surface area contributed by atoms with Crippen molar-refractivity contribution in [3.05, 3.63) is 70.7 Å². The Labute approximate surface area is 220 Å². The molecule has 1 aromatic heterocycles. The zero-order valence-corrected chi connectivity index (χ0v) is 21.2. The van der Waals surface area contributed by atoms with Gasteiger partial charge in [-0.05, 0) is 42.9 Å². The number of nitrogens with zero attached hydrogens (tertiary/aromatic N) is 4. The van der Waals surface area contributed by atoms with Gasteiger partial charge in [0, 0.05) is 36.6 Å². The summed E-state index contributed by atoms with van der Waals surface area (Å²) in [5.41, 5.74) is 4.00. The molecule has 8 nitrogen and oxygen atoms in total. The van der Waals surface area contributed by atoms with Crippen LogP contribution >= 0.6 is 11.8 Å². The van der Waals surface area contributed by atoms with Crippen LogP contribution < -0.4 is 15.4 Å². The Morgan fingerprint density at radius 2 is 1.89 bits per heavy atom. The zero-order valence-electron chi connectivity index (χ0n) is 20.3. The molecule has 1 saturated heterocycles. The summed E-state index contributed by atoms with van der Waals surface area (Å²) in [6, 6.07) is 7.31. The van der Waals surface area contributed by atoms with Gasteiger partial charge in [-0.15, -0.1) is 0 Å². The van der Waals surface area contributed by atoms with Crippen LogP contribution in [0.3, 0.4) is 0 Å². The number of likely N-dealkylation sites (N-methyl/N-ethyl adjacent to an activating group) is 1. The lowest BCUT2D eigenvalue weighted by Crippen LogP contribution is -2.45. The molecule has 2 aromatic carbocycles. The van der Waals surface area contributed by atoms with Crippen LogP contribution in [0.2, 0.25) is 0 Å². The number of hydrogen-bond acceptors (Lipinski definition) is 8. The van der Waals surface area contributed by atoms with E-state index in [2.05, 4.69) is 14.9 Å². The molecule has 3 N–H and O–H groups in total. The van der Waals surface area contributed by atoms with Gasteiger partial charge in [0.1, 0.15) is 12.4 Å². The third-order valence-corrected chi connectivity index (χ3v) is 6.93. The molecule has 0 spiro atoms. The molecule has 4 rings (SSSR count). The van der Waals surface area contributed by atoms with Gasteiger partial charge in [-0.1, -0.05) is 17.8 Å². The molecule has 1 aliphatic heterocycles. The van der Waals surface area contributed by atoms with Gasteiger partial charge in [-0.3, -0.25) is 4.79 Å². The van der Waals surface area contributed by atoms with E-state index in [0.717, 1.165) is 37.0 Å². The number of aromatic nitrogens is 2. The molecule has 0 unspecified atom stereocenters. The summed E-state index contributed by atoms with van der Waals surface area (Å²) >= 11 is 0.905. The summed E-state index contributed by atoms with van der Waals surface area (Å²) in [6.07, 6.45) is -3.35. The quantitative estimate of drug-likeness (QED) is 0.409. The van der Waals surface area contributed by atoms with Gasteiger partial charge in [0.15, 0.2) is 0 Å². The molecular formula is C25H25F4N5O3S. The average molecular weight is 552 g/mol. The fraction of sp³-hybridized carbons (Fsp3) is 0.320. The molecule has 0 radical (unpaired) electrons. The molecule has 2 heterocycles. The highest BCUT2D eigenvalue weighted by Gasteiger charge is 2.35. The minimum absolute atomic E-state index is 0.0558. The lowest BCUT2D eigenvalue weighted by Gasteiger charge is -2.32. The van der Waals surface area contributed by atoms with Crippen molar-refractivity contribution < 1.29 is 32.2 Å². The number of amides is 1. The van der Waals surface area contributed by atoms with E-state index < -0.39 is 29.0 Å². The molecule has 13 heteroatoms. The van der Waals surface area contributed by atoms with E-state index in [9.17, 15) is 27.5 Å². The van der Waals surface area contributed by atoms with Gasteiger partial charge in [-0.25, -0.2) is 9.37 Å². The van der Waals surface area contributed by atoms with Crippen molar-refractivity contribution in [3.63, 3.8) is 0 Å². The second-order valence-electron chi connectivity index (χ2n) is 8.67. The van der Waals surface area contributed by atoms with Crippen molar-refractivity contribution in [3.8, 4) is 5.88 Å². The number of aliphatic hydroxyl groups is 1. The average Bonchev–Trinajstić information content (AvgIpc) is 2.88. The molecule has 0 atom stereocenters. The van der Waals surface area contributed by atoms with Crippen molar-refractivity contribution >= 4 is 23.6 Å². The molecule has 0 saturated carbocycles. The lowest BCUT2D eigenvalue weighted by molar-refractivity contribution is -0.138. The molecule has 0 bridgehead atoms. The monoisotopic (exact) mass is 551 g/mol. The largest absolute Gasteiger partial charge is 0.472 e. The Balaban J connectivity index is 1.67. The highest BCUT2D eigenvalue weighted by molar-refractivity contribution is 7.99.